The zero-order valence-corrected chi connectivity index (χ0v) is 12.9. The number of nitrogens with zero attached hydrogens (tertiary/aromatic N) is 2. The highest BCUT2D eigenvalue weighted by Gasteiger charge is 2.23. The summed E-state index contributed by atoms with van der Waals surface area (Å²) in [6, 6.07) is 1.57. The van der Waals surface area contributed by atoms with E-state index in [4.69, 9.17) is 5.11 Å². The largest absolute Gasteiger partial charge is 0.396 e. The Morgan fingerprint density at radius 1 is 1.25 bits per heavy atom. The zero-order valence-electron chi connectivity index (χ0n) is 12.9. The van der Waals surface area contributed by atoms with Gasteiger partial charge in [0.15, 0.2) is 0 Å². The van der Waals surface area contributed by atoms with Crippen molar-refractivity contribution in [3.8, 4) is 0 Å². The predicted octanol–water partition coefficient (Wildman–Crippen LogP) is -0.0293. The van der Waals surface area contributed by atoms with E-state index in [0.29, 0.717) is 18.7 Å². The molecule has 0 aliphatic rings. The van der Waals surface area contributed by atoms with E-state index < -0.39 is 0 Å². The lowest BCUT2D eigenvalue weighted by Gasteiger charge is -2.31. The molecule has 20 heavy (non-hydrogen) atoms. The van der Waals surface area contributed by atoms with Gasteiger partial charge < -0.3 is 10.4 Å². The van der Waals surface area contributed by atoms with Crippen LogP contribution in [-0.4, -0.2) is 26.9 Å². The minimum absolute atomic E-state index is 0.0126. The molecule has 0 aliphatic carbocycles. The Balaban J connectivity index is 2.95. The van der Waals surface area contributed by atoms with Gasteiger partial charge >= 0.3 is 5.69 Å². The zero-order chi connectivity index (χ0) is 15.5. The van der Waals surface area contributed by atoms with Crippen LogP contribution in [0.15, 0.2) is 15.7 Å². The number of aromatic nitrogens is 2. The lowest BCUT2D eigenvalue weighted by molar-refractivity contribution is 0.195. The molecule has 1 atom stereocenters. The van der Waals surface area contributed by atoms with Crippen molar-refractivity contribution >= 4 is 0 Å². The van der Waals surface area contributed by atoms with Crippen LogP contribution < -0.4 is 16.6 Å². The lowest BCUT2D eigenvalue weighted by atomic mass is 9.85. The molecule has 0 fully saturated rings. The number of hydrogen-bond donors (Lipinski definition) is 2. The van der Waals surface area contributed by atoms with Crippen molar-refractivity contribution in [1.82, 2.24) is 14.5 Å². The first-order valence-electron chi connectivity index (χ1n) is 6.78. The number of rotatable bonds is 5. The van der Waals surface area contributed by atoms with Gasteiger partial charge in [-0.15, -0.1) is 0 Å². The van der Waals surface area contributed by atoms with Gasteiger partial charge in [-0.25, -0.2) is 4.79 Å². The average molecular weight is 283 g/mol. The highest BCUT2D eigenvalue weighted by atomic mass is 16.3. The molecule has 1 heterocycles. The van der Waals surface area contributed by atoms with Crippen LogP contribution in [0.5, 0.6) is 0 Å². The Kier molecular flexibility index (Phi) is 5.30. The van der Waals surface area contributed by atoms with Crippen molar-refractivity contribution in [2.24, 2.45) is 19.5 Å². The summed E-state index contributed by atoms with van der Waals surface area (Å²) in [5.41, 5.74) is -0.00476. The summed E-state index contributed by atoms with van der Waals surface area (Å²) < 4.78 is 2.55. The average Bonchev–Trinajstić information content (AvgIpc) is 2.36. The van der Waals surface area contributed by atoms with E-state index in [1.54, 1.807) is 7.05 Å². The molecule has 6 heteroatoms. The van der Waals surface area contributed by atoms with Crippen molar-refractivity contribution in [3.05, 3.63) is 32.6 Å². The van der Waals surface area contributed by atoms with Crippen LogP contribution in [0.1, 0.15) is 32.9 Å². The van der Waals surface area contributed by atoms with Gasteiger partial charge in [-0.3, -0.25) is 13.9 Å². The van der Waals surface area contributed by atoms with E-state index >= 15 is 0 Å². The second-order valence-corrected chi connectivity index (χ2v) is 6.19. The molecule has 0 amide bonds. The molecule has 0 radical (unpaired) electrons. The highest BCUT2D eigenvalue weighted by molar-refractivity contribution is 5.02. The minimum Gasteiger partial charge on any atom is -0.396 e. The molecular formula is C14H25N3O3. The van der Waals surface area contributed by atoms with Gasteiger partial charge in [-0.05, 0) is 11.8 Å². The SMILES string of the molecule is Cn1c(CNC(CCO)C(C)(C)C)cc(=O)n(C)c1=O. The smallest absolute Gasteiger partial charge is 0.330 e. The van der Waals surface area contributed by atoms with Gasteiger partial charge in [-0.2, -0.15) is 0 Å². The molecule has 0 spiro atoms. The summed E-state index contributed by atoms with van der Waals surface area (Å²) in [5.74, 6) is 0. The molecular weight excluding hydrogens is 258 g/mol. The summed E-state index contributed by atoms with van der Waals surface area (Å²) >= 11 is 0. The Bertz CT molecular complexity index is 566. The minimum atomic E-state index is -0.330. The van der Waals surface area contributed by atoms with Crippen molar-refractivity contribution in [2.45, 2.75) is 39.8 Å². The molecule has 6 nitrogen and oxygen atoms in total. The standard InChI is InChI=1S/C14H25N3O3/c1-14(2,3)11(6-7-18)15-9-10-8-12(19)17(5)13(20)16(10)4/h8,11,15,18H,6-7,9H2,1-5H3. The first kappa shape index (κ1) is 16.7. The fraction of sp³-hybridized carbons (Fsp3) is 0.714. The topological polar surface area (TPSA) is 76.3 Å². The molecule has 1 aromatic heterocycles. The van der Waals surface area contributed by atoms with Crippen LogP contribution in [0, 0.1) is 5.41 Å². The van der Waals surface area contributed by atoms with Gasteiger partial charge in [0.2, 0.25) is 0 Å². The van der Waals surface area contributed by atoms with Gasteiger partial charge in [0.25, 0.3) is 5.56 Å². The molecule has 2 N–H and O–H groups in total. The molecule has 0 aliphatic heterocycles. The fourth-order valence-corrected chi connectivity index (χ4v) is 2.15. The van der Waals surface area contributed by atoms with Gasteiger partial charge in [-0.1, -0.05) is 20.8 Å². The third kappa shape index (κ3) is 3.80. The molecule has 0 bridgehead atoms. The molecule has 1 rings (SSSR count). The van der Waals surface area contributed by atoms with Crippen molar-refractivity contribution in [3.63, 3.8) is 0 Å². The summed E-state index contributed by atoms with van der Waals surface area (Å²) in [6.45, 7) is 6.78. The normalized spacial score (nSPS) is 13.5. The van der Waals surface area contributed by atoms with Gasteiger partial charge in [0.1, 0.15) is 0 Å². The maximum absolute atomic E-state index is 11.8. The van der Waals surface area contributed by atoms with Crippen molar-refractivity contribution < 1.29 is 5.11 Å². The van der Waals surface area contributed by atoms with E-state index in [-0.39, 0.29) is 29.3 Å². The monoisotopic (exact) mass is 283 g/mol. The van der Waals surface area contributed by atoms with Crippen LogP contribution in [0.2, 0.25) is 0 Å². The van der Waals surface area contributed by atoms with E-state index in [1.807, 2.05) is 0 Å². The third-order valence-corrected chi connectivity index (χ3v) is 3.62. The molecule has 1 unspecified atom stereocenters. The first-order chi connectivity index (χ1) is 9.18. The van der Waals surface area contributed by atoms with Crippen molar-refractivity contribution in [2.75, 3.05) is 6.61 Å². The molecule has 0 aromatic carbocycles. The second-order valence-electron chi connectivity index (χ2n) is 6.19. The van der Waals surface area contributed by atoms with Gasteiger partial charge in [0.05, 0.1) is 0 Å². The Morgan fingerprint density at radius 3 is 2.35 bits per heavy atom. The number of nitrogens with one attached hydrogen (secondary N) is 1. The summed E-state index contributed by atoms with van der Waals surface area (Å²) in [5, 5.41) is 12.5. The quantitative estimate of drug-likeness (QED) is 0.796. The van der Waals surface area contributed by atoms with Gasteiger partial charge in [0, 0.05) is 45.0 Å². The van der Waals surface area contributed by atoms with Crippen molar-refractivity contribution in [1.29, 1.82) is 0 Å². The van der Waals surface area contributed by atoms with Crippen LogP contribution >= 0.6 is 0 Å². The van der Waals surface area contributed by atoms with E-state index in [0.717, 1.165) is 4.57 Å². The fourth-order valence-electron chi connectivity index (χ4n) is 2.15. The molecule has 114 valence electrons. The highest BCUT2D eigenvalue weighted by Crippen LogP contribution is 2.21. The summed E-state index contributed by atoms with van der Waals surface area (Å²) in [6.07, 6.45) is 0.627. The molecule has 0 saturated heterocycles. The summed E-state index contributed by atoms with van der Waals surface area (Å²) in [4.78, 5) is 23.5. The summed E-state index contributed by atoms with van der Waals surface area (Å²) in [7, 11) is 3.11. The third-order valence-electron chi connectivity index (χ3n) is 3.62. The van der Waals surface area contributed by atoms with Crippen LogP contribution in [-0.2, 0) is 20.6 Å². The van der Waals surface area contributed by atoms with Crippen LogP contribution in [0.25, 0.3) is 0 Å². The molecule has 1 aromatic rings. The number of hydrogen-bond acceptors (Lipinski definition) is 4. The Labute approximate surface area is 119 Å². The lowest BCUT2D eigenvalue weighted by Crippen LogP contribution is -2.43. The number of aliphatic hydroxyl groups excluding tert-OH is 1. The Morgan fingerprint density at radius 2 is 1.85 bits per heavy atom. The predicted molar refractivity (Wildman–Crippen MR) is 78.7 cm³/mol. The van der Waals surface area contributed by atoms with Crippen LogP contribution in [0.3, 0.4) is 0 Å². The maximum atomic E-state index is 11.8. The van der Waals surface area contributed by atoms with Crippen LogP contribution in [0.4, 0.5) is 0 Å². The second kappa shape index (κ2) is 6.37. The van der Waals surface area contributed by atoms with E-state index in [2.05, 4.69) is 26.1 Å². The van der Waals surface area contributed by atoms with E-state index in [9.17, 15) is 9.59 Å². The number of aliphatic hydroxyl groups is 1. The molecule has 0 saturated carbocycles. The first-order valence-corrected chi connectivity index (χ1v) is 6.78. The van der Waals surface area contributed by atoms with E-state index in [1.165, 1.54) is 17.7 Å². The maximum Gasteiger partial charge on any atom is 0.330 e. The Hall–Kier alpha value is -1.40.